The molecule has 28 heavy (non-hydrogen) atoms. The number of nitro groups is 1. The molecule has 1 heterocycles. The second kappa shape index (κ2) is 9.93. The number of nitrogens with zero attached hydrogens (tertiary/aromatic N) is 3. The van der Waals surface area contributed by atoms with Gasteiger partial charge in [0.15, 0.2) is 17.2 Å². The fourth-order valence-corrected chi connectivity index (χ4v) is 2.77. The molecule has 10 heteroatoms. The van der Waals surface area contributed by atoms with E-state index in [0.717, 1.165) is 16.7 Å². The van der Waals surface area contributed by atoms with Crippen LogP contribution in [0.3, 0.4) is 0 Å². The van der Waals surface area contributed by atoms with Crippen molar-refractivity contribution in [3.05, 3.63) is 49.3 Å². The fraction of sp³-hybridized carbons (Fsp3) is 0.444. The number of rotatable bonds is 10. The molecule has 1 aromatic carbocycles. The van der Waals surface area contributed by atoms with Gasteiger partial charge in [-0.05, 0) is 35.5 Å². The zero-order valence-corrected chi connectivity index (χ0v) is 16.8. The third-order valence-corrected chi connectivity index (χ3v) is 4.20. The van der Waals surface area contributed by atoms with Crippen LogP contribution < -0.4 is 20.3 Å². The SMILES string of the molecule is CCCOc1cc(CNc2c([N+](=O)[O-])nn(CCC)c(=O)c2Cl)ccc1OC. The van der Waals surface area contributed by atoms with E-state index < -0.39 is 16.3 Å². The molecule has 0 amide bonds. The normalized spacial score (nSPS) is 10.6. The Morgan fingerprint density at radius 1 is 1.29 bits per heavy atom. The van der Waals surface area contributed by atoms with Crippen molar-refractivity contribution in [2.75, 3.05) is 19.0 Å². The number of anilines is 1. The van der Waals surface area contributed by atoms with Gasteiger partial charge < -0.3 is 24.9 Å². The fourth-order valence-electron chi connectivity index (χ4n) is 2.52. The van der Waals surface area contributed by atoms with Gasteiger partial charge in [-0.1, -0.05) is 31.5 Å². The first kappa shape index (κ1) is 21.5. The summed E-state index contributed by atoms with van der Waals surface area (Å²) >= 11 is 6.11. The quantitative estimate of drug-likeness (QED) is 0.470. The highest BCUT2D eigenvalue weighted by Gasteiger charge is 2.25. The first-order valence-electron chi connectivity index (χ1n) is 8.91. The topological polar surface area (TPSA) is 109 Å². The molecule has 0 saturated carbocycles. The standard InChI is InChI=1S/C18H23ClN4O5/c1-4-8-22-18(24)15(19)16(17(21-22)23(25)26)20-11-12-6-7-13(27-3)14(10-12)28-9-5-2/h6-7,10,20H,4-5,8-9,11H2,1-3H3. The summed E-state index contributed by atoms with van der Waals surface area (Å²) < 4.78 is 11.9. The van der Waals surface area contributed by atoms with Crippen molar-refractivity contribution < 1.29 is 14.4 Å². The number of nitrogens with one attached hydrogen (secondary N) is 1. The maximum Gasteiger partial charge on any atom is 0.413 e. The third kappa shape index (κ3) is 4.92. The van der Waals surface area contributed by atoms with Gasteiger partial charge in [-0.2, -0.15) is 0 Å². The second-order valence-corrected chi connectivity index (χ2v) is 6.36. The minimum absolute atomic E-state index is 0.101. The Labute approximate surface area is 167 Å². The Bertz CT molecular complexity index is 900. The predicted molar refractivity (Wildman–Crippen MR) is 107 cm³/mol. The van der Waals surface area contributed by atoms with Gasteiger partial charge in [0.1, 0.15) is 5.02 Å². The molecule has 9 nitrogen and oxygen atoms in total. The highest BCUT2D eigenvalue weighted by Crippen LogP contribution is 2.30. The van der Waals surface area contributed by atoms with E-state index in [1.165, 1.54) is 0 Å². The molecule has 0 bridgehead atoms. The molecule has 0 saturated heterocycles. The summed E-state index contributed by atoms with van der Waals surface area (Å²) in [4.78, 5) is 23.0. The van der Waals surface area contributed by atoms with Crippen molar-refractivity contribution in [2.24, 2.45) is 0 Å². The summed E-state index contributed by atoms with van der Waals surface area (Å²) in [6.45, 7) is 4.79. The molecule has 0 aliphatic carbocycles. The summed E-state index contributed by atoms with van der Waals surface area (Å²) in [5.41, 5.74) is 0.101. The van der Waals surface area contributed by atoms with Gasteiger partial charge in [-0.3, -0.25) is 4.79 Å². The third-order valence-electron chi connectivity index (χ3n) is 3.85. The lowest BCUT2D eigenvalue weighted by atomic mass is 10.2. The minimum atomic E-state index is -0.663. The largest absolute Gasteiger partial charge is 0.493 e. The van der Waals surface area contributed by atoms with Crippen LogP contribution in [0.5, 0.6) is 11.5 Å². The Hall–Kier alpha value is -2.81. The molecule has 0 radical (unpaired) electrons. The molecule has 0 aliphatic rings. The zero-order chi connectivity index (χ0) is 20.7. The highest BCUT2D eigenvalue weighted by atomic mass is 35.5. The Morgan fingerprint density at radius 3 is 2.64 bits per heavy atom. The molecule has 2 aromatic rings. The van der Waals surface area contributed by atoms with Crippen molar-refractivity contribution >= 4 is 23.1 Å². The maximum atomic E-state index is 12.3. The molecule has 0 aliphatic heterocycles. The Balaban J connectivity index is 2.32. The monoisotopic (exact) mass is 410 g/mol. The van der Waals surface area contributed by atoms with Crippen LogP contribution in [0.25, 0.3) is 0 Å². The second-order valence-electron chi connectivity index (χ2n) is 5.99. The van der Waals surface area contributed by atoms with Crippen LogP contribution in [0.2, 0.25) is 5.02 Å². The van der Waals surface area contributed by atoms with Crippen molar-refractivity contribution in [3.63, 3.8) is 0 Å². The van der Waals surface area contributed by atoms with Crippen molar-refractivity contribution in [1.29, 1.82) is 0 Å². The molecule has 152 valence electrons. The average molecular weight is 411 g/mol. The Kier molecular flexibility index (Phi) is 7.62. The van der Waals surface area contributed by atoms with Gasteiger partial charge in [0, 0.05) is 6.54 Å². The predicted octanol–water partition coefficient (Wildman–Crippen LogP) is 3.62. The van der Waals surface area contributed by atoms with Gasteiger partial charge >= 0.3 is 11.4 Å². The van der Waals surface area contributed by atoms with Gasteiger partial charge in [0.2, 0.25) is 0 Å². The van der Waals surface area contributed by atoms with E-state index in [-0.39, 0.29) is 23.8 Å². The zero-order valence-electron chi connectivity index (χ0n) is 16.0. The lowest BCUT2D eigenvalue weighted by Crippen LogP contribution is -2.26. The van der Waals surface area contributed by atoms with E-state index in [1.807, 2.05) is 13.8 Å². The lowest BCUT2D eigenvalue weighted by molar-refractivity contribution is -0.389. The van der Waals surface area contributed by atoms with E-state index in [4.69, 9.17) is 21.1 Å². The van der Waals surface area contributed by atoms with Gasteiger partial charge in [-0.15, -0.1) is 4.68 Å². The number of aryl methyl sites for hydroxylation is 1. The van der Waals surface area contributed by atoms with E-state index in [0.29, 0.717) is 24.5 Å². The molecule has 2 rings (SSSR count). The number of hydrogen-bond acceptors (Lipinski definition) is 7. The van der Waals surface area contributed by atoms with Crippen LogP contribution in [-0.4, -0.2) is 28.4 Å². The first-order valence-corrected chi connectivity index (χ1v) is 9.29. The van der Waals surface area contributed by atoms with Gasteiger partial charge in [0.25, 0.3) is 0 Å². The van der Waals surface area contributed by atoms with Crippen LogP contribution >= 0.6 is 11.6 Å². The summed E-state index contributed by atoms with van der Waals surface area (Å²) in [5.74, 6) is 0.666. The molecule has 1 aromatic heterocycles. The number of aromatic nitrogens is 2. The smallest absolute Gasteiger partial charge is 0.413 e. The van der Waals surface area contributed by atoms with E-state index in [1.54, 1.807) is 25.3 Å². The molecular weight excluding hydrogens is 388 g/mol. The molecular formula is C18H23ClN4O5. The molecule has 0 spiro atoms. The van der Waals surface area contributed by atoms with Crippen LogP contribution in [0, 0.1) is 10.1 Å². The average Bonchev–Trinajstić information content (AvgIpc) is 2.69. The molecule has 0 unspecified atom stereocenters. The van der Waals surface area contributed by atoms with E-state index >= 15 is 0 Å². The highest BCUT2D eigenvalue weighted by molar-refractivity contribution is 6.33. The molecule has 0 fully saturated rings. The van der Waals surface area contributed by atoms with Crippen LogP contribution in [0.1, 0.15) is 32.3 Å². The summed E-state index contributed by atoms with van der Waals surface area (Å²) in [6.07, 6.45) is 1.44. The number of benzene rings is 1. The number of ether oxygens (including phenoxy) is 2. The maximum absolute atomic E-state index is 12.3. The van der Waals surface area contributed by atoms with Crippen molar-refractivity contribution in [3.8, 4) is 11.5 Å². The molecule has 1 N–H and O–H groups in total. The number of hydrogen-bond donors (Lipinski definition) is 1. The summed E-state index contributed by atoms with van der Waals surface area (Å²) in [6, 6.07) is 5.30. The van der Waals surface area contributed by atoms with Gasteiger partial charge in [-0.25, -0.2) is 0 Å². The summed E-state index contributed by atoms with van der Waals surface area (Å²) in [7, 11) is 1.55. The minimum Gasteiger partial charge on any atom is -0.493 e. The summed E-state index contributed by atoms with van der Waals surface area (Å²) in [5, 5.41) is 17.8. The molecule has 0 atom stereocenters. The number of halogens is 1. The van der Waals surface area contributed by atoms with E-state index in [9.17, 15) is 14.9 Å². The number of methoxy groups -OCH3 is 1. The van der Waals surface area contributed by atoms with Crippen LogP contribution in [0.15, 0.2) is 23.0 Å². The van der Waals surface area contributed by atoms with Gasteiger partial charge in [0.05, 0.1) is 25.4 Å². The Morgan fingerprint density at radius 2 is 2.04 bits per heavy atom. The van der Waals surface area contributed by atoms with Crippen LogP contribution in [0.4, 0.5) is 11.5 Å². The van der Waals surface area contributed by atoms with Crippen LogP contribution in [-0.2, 0) is 13.1 Å². The van der Waals surface area contributed by atoms with Crippen molar-refractivity contribution in [2.45, 2.75) is 39.8 Å². The van der Waals surface area contributed by atoms with E-state index in [2.05, 4.69) is 10.4 Å². The lowest BCUT2D eigenvalue weighted by Gasteiger charge is -2.13. The van der Waals surface area contributed by atoms with Crippen molar-refractivity contribution in [1.82, 2.24) is 9.78 Å². The first-order chi connectivity index (χ1) is 13.4.